The number of phenols is 1. The van der Waals surface area contributed by atoms with Crippen molar-refractivity contribution in [2.24, 2.45) is 0 Å². The molecule has 3 nitrogen and oxygen atoms in total. The Bertz CT molecular complexity index is 636. The molecule has 2 N–H and O–H groups in total. The number of hydrogen-bond acceptors (Lipinski definition) is 2. The van der Waals surface area contributed by atoms with Crippen molar-refractivity contribution >= 4 is 46.4 Å². The highest BCUT2D eigenvalue weighted by Crippen LogP contribution is 2.34. The first-order valence-electron chi connectivity index (χ1n) is 5.68. The van der Waals surface area contributed by atoms with E-state index < -0.39 is 0 Å². The Morgan fingerprint density at radius 3 is 2.25 bits per heavy atom. The average Bonchev–Trinajstić information content (AvgIpc) is 2.38. The van der Waals surface area contributed by atoms with E-state index in [-0.39, 0.29) is 28.1 Å². The van der Waals surface area contributed by atoms with Crippen LogP contribution in [0.2, 0.25) is 15.1 Å². The van der Waals surface area contributed by atoms with Crippen LogP contribution in [-0.4, -0.2) is 11.0 Å². The molecule has 2 aromatic rings. The Balaban J connectivity index is 2.11. The third-order valence-electron chi connectivity index (χ3n) is 2.61. The van der Waals surface area contributed by atoms with Crippen molar-refractivity contribution in [3.8, 4) is 5.75 Å². The Morgan fingerprint density at radius 1 is 1.05 bits per heavy atom. The molecular weight excluding hydrogens is 321 g/mol. The molecule has 0 saturated carbocycles. The molecule has 0 radical (unpaired) electrons. The van der Waals surface area contributed by atoms with Gasteiger partial charge in [0.1, 0.15) is 0 Å². The molecule has 0 heterocycles. The zero-order chi connectivity index (χ0) is 14.7. The summed E-state index contributed by atoms with van der Waals surface area (Å²) in [6, 6.07) is 9.95. The van der Waals surface area contributed by atoms with E-state index in [4.69, 9.17) is 34.8 Å². The number of hydrogen-bond donors (Lipinski definition) is 2. The molecule has 2 aromatic carbocycles. The van der Waals surface area contributed by atoms with E-state index in [1.54, 1.807) is 18.2 Å². The van der Waals surface area contributed by atoms with Gasteiger partial charge >= 0.3 is 0 Å². The Morgan fingerprint density at radius 2 is 1.65 bits per heavy atom. The van der Waals surface area contributed by atoms with Crippen molar-refractivity contribution in [2.75, 3.05) is 5.32 Å². The number of amides is 1. The van der Waals surface area contributed by atoms with Crippen LogP contribution in [0.25, 0.3) is 0 Å². The average molecular weight is 331 g/mol. The maximum absolute atomic E-state index is 11.9. The second kappa shape index (κ2) is 6.35. The number of halogens is 3. The summed E-state index contributed by atoms with van der Waals surface area (Å²) < 4.78 is 0. The molecular formula is C14H10Cl3NO2. The lowest BCUT2D eigenvalue weighted by molar-refractivity contribution is -0.115. The zero-order valence-electron chi connectivity index (χ0n) is 10.2. The van der Waals surface area contributed by atoms with E-state index in [1.807, 2.05) is 6.07 Å². The lowest BCUT2D eigenvalue weighted by atomic mass is 10.1. The Labute approximate surface area is 131 Å². The molecule has 0 aliphatic carbocycles. The van der Waals surface area contributed by atoms with Crippen molar-refractivity contribution in [3.05, 3.63) is 57.0 Å². The minimum atomic E-state index is -0.254. The second-order valence-corrected chi connectivity index (χ2v) is 5.33. The van der Waals surface area contributed by atoms with Crippen LogP contribution < -0.4 is 5.32 Å². The highest BCUT2D eigenvalue weighted by atomic mass is 35.5. The van der Waals surface area contributed by atoms with Crippen LogP contribution in [0.5, 0.6) is 5.75 Å². The van der Waals surface area contributed by atoms with E-state index in [1.165, 1.54) is 12.1 Å². The molecule has 0 unspecified atom stereocenters. The molecule has 20 heavy (non-hydrogen) atoms. The third kappa shape index (κ3) is 3.57. The smallest absolute Gasteiger partial charge is 0.228 e. The van der Waals surface area contributed by atoms with Crippen LogP contribution in [0.4, 0.5) is 5.69 Å². The molecule has 2 rings (SSSR count). The predicted molar refractivity (Wildman–Crippen MR) is 81.9 cm³/mol. The number of carbonyl (C=O) groups is 1. The molecule has 0 bridgehead atoms. The topological polar surface area (TPSA) is 49.3 Å². The van der Waals surface area contributed by atoms with Crippen LogP contribution in [0.1, 0.15) is 5.56 Å². The van der Waals surface area contributed by atoms with Gasteiger partial charge in [0.2, 0.25) is 5.91 Å². The second-order valence-electron chi connectivity index (χ2n) is 4.10. The van der Waals surface area contributed by atoms with Crippen LogP contribution in [0, 0.1) is 0 Å². The van der Waals surface area contributed by atoms with Gasteiger partial charge in [0, 0.05) is 10.7 Å². The Hall–Kier alpha value is -1.42. The quantitative estimate of drug-likeness (QED) is 0.812. The maximum Gasteiger partial charge on any atom is 0.228 e. The summed E-state index contributed by atoms with van der Waals surface area (Å²) in [6.45, 7) is 0. The third-order valence-corrected chi connectivity index (χ3v) is 3.55. The number of aromatic hydroxyl groups is 1. The number of rotatable bonds is 3. The van der Waals surface area contributed by atoms with E-state index in [2.05, 4.69) is 5.32 Å². The molecule has 0 aromatic heterocycles. The highest BCUT2D eigenvalue weighted by molar-refractivity contribution is 6.37. The fraction of sp³-hybridized carbons (Fsp3) is 0.0714. The normalized spacial score (nSPS) is 10.3. The Kier molecular flexibility index (Phi) is 4.76. The minimum absolute atomic E-state index is 0.0746. The molecule has 0 spiro atoms. The van der Waals surface area contributed by atoms with Gasteiger partial charge in [0.25, 0.3) is 0 Å². The summed E-state index contributed by atoms with van der Waals surface area (Å²) in [7, 11) is 0. The zero-order valence-corrected chi connectivity index (χ0v) is 12.4. The van der Waals surface area contributed by atoms with Gasteiger partial charge in [-0.25, -0.2) is 0 Å². The molecule has 0 fully saturated rings. The lowest BCUT2D eigenvalue weighted by Crippen LogP contribution is -2.14. The van der Waals surface area contributed by atoms with Gasteiger partial charge in [0.15, 0.2) is 5.75 Å². The van der Waals surface area contributed by atoms with Crippen molar-refractivity contribution in [2.45, 2.75) is 6.42 Å². The highest BCUT2D eigenvalue weighted by Gasteiger charge is 2.10. The first-order valence-corrected chi connectivity index (χ1v) is 6.82. The molecule has 0 atom stereocenters. The summed E-state index contributed by atoms with van der Waals surface area (Å²) in [4.78, 5) is 11.9. The van der Waals surface area contributed by atoms with Gasteiger partial charge in [-0.15, -0.1) is 0 Å². The number of phenolic OH excluding ortho intramolecular Hbond substituents is 1. The molecule has 1 amide bonds. The van der Waals surface area contributed by atoms with Crippen LogP contribution in [-0.2, 0) is 11.2 Å². The summed E-state index contributed by atoms with van der Waals surface area (Å²) in [5.41, 5.74) is 1.14. The van der Waals surface area contributed by atoms with Crippen molar-refractivity contribution in [1.29, 1.82) is 0 Å². The van der Waals surface area contributed by atoms with Crippen molar-refractivity contribution < 1.29 is 9.90 Å². The number of carbonyl (C=O) groups excluding carboxylic acids is 1. The molecule has 0 saturated heterocycles. The van der Waals surface area contributed by atoms with Gasteiger partial charge in [-0.3, -0.25) is 4.79 Å². The number of anilines is 1. The molecule has 6 heteroatoms. The largest absolute Gasteiger partial charge is 0.505 e. The minimum Gasteiger partial charge on any atom is -0.505 e. The van der Waals surface area contributed by atoms with E-state index in [0.717, 1.165) is 5.56 Å². The summed E-state index contributed by atoms with van der Waals surface area (Å²) in [5.74, 6) is -0.464. The SMILES string of the molecule is O=C(Cc1ccccc1Cl)Nc1cc(Cl)c(O)c(Cl)c1. The lowest BCUT2D eigenvalue weighted by Gasteiger charge is -2.08. The maximum atomic E-state index is 11.9. The van der Waals surface area contributed by atoms with E-state index in [0.29, 0.717) is 10.7 Å². The van der Waals surface area contributed by atoms with Gasteiger partial charge < -0.3 is 10.4 Å². The molecule has 0 aliphatic rings. The van der Waals surface area contributed by atoms with Gasteiger partial charge in [-0.05, 0) is 23.8 Å². The molecule has 104 valence electrons. The summed E-state index contributed by atoms with van der Waals surface area (Å²) in [6.07, 6.45) is 0.135. The fourth-order valence-corrected chi connectivity index (χ4v) is 2.35. The number of benzene rings is 2. The van der Waals surface area contributed by atoms with Gasteiger partial charge in [0.05, 0.1) is 16.5 Å². The first kappa shape index (κ1) is 15.0. The summed E-state index contributed by atoms with van der Waals surface area (Å²) >= 11 is 17.5. The monoisotopic (exact) mass is 329 g/mol. The van der Waals surface area contributed by atoms with Crippen LogP contribution in [0.3, 0.4) is 0 Å². The number of nitrogens with one attached hydrogen (secondary N) is 1. The molecule has 0 aliphatic heterocycles. The van der Waals surface area contributed by atoms with E-state index >= 15 is 0 Å². The van der Waals surface area contributed by atoms with Gasteiger partial charge in [-0.2, -0.15) is 0 Å². The van der Waals surface area contributed by atoms with E-state index in [9.17, 15) is 9.90 Å². The summed E-state index contributed by atoms with van der Waals surface area (Å²) in [5, 5.41) is 12.8. The van der Waals surface area contributed by atoms with Crippen LogP contribution in [0.15, 0.2) is 36.4 Å². The van der Waals surface area contributed by atoms with Crippen molar-refractivity contribution in [1.82, 2.24) is 0 Å². The van der Waals surface area contributed by atoms with Crippen LogP contribution >= 0.6 is 34.8 Å². The standard InChI is InChI=1S/C14H10Cl3NO2/c15-10-4-2-1-3-8(10)5-13(19)18-9-6-11(16)14(20)12(17)7-9/h1-4,6-7,20H,5H2,(H,18,19). The first-order chi connectivity index (χ1) is 9.47. The fourth-order valence-electron chi connectivity index (χ4n) is 1.66. The predicted octanol–water partition coefficient (Wildman–Crippen LogP) is 4.53. The van der Waals surface area contributed by atoms with Gasteiger partial charge in [-0.1, -0.05) is 53.0 Å². The van der Waals surface area contributed by atoms with Crippen molar-refractivity contribution in [3.63, 3.8) is 0 Å².